The molecule has 0 saturated heterocycles. The van der Waals surface area contributed by atoms with E-state index in [0.29, 0.717) is 39.2 Å². The number of aryl methyl sites for hydroxylation is 1. The number of rotatable bonds is 7. The minimum atomic E-state index is -0.269. The number of amides is 2. The third-order valence-electron chi connectivity index (χ3n) is 4.09. The summed E-state index contributed by atoms with van der Waals surface area (Å²) in [6.45, 7) is 0. The quantitative estimate of drug-likeness (QED) is 0.719. The van der Waals surface area contributed by atoms with Crippen molar-refractivity contribution < 1.29 is 19.1 Å². The summed E-state index contributed by atoms with van der Waals surface area (Å²) in [5.74, 6) is 0.271. The molecule has 2 aromatic rings. The second kappa shape index (κ2) is 9.66. The van der Waals surface area contributed by atoms with Gasteiger partial charge in [0.15, 0.2) is 11.5 Å². The number of benzene rings is 2. The predicted molar refractivity (Wildman–Crippen MR) is 111 cm³/mol. The van der Waals surface area contributed by atoms with E-state index in [0.717, 1.165) is 5.56 Å². The first-order valence-electron chi connectivity index (χ1n) is 8.48. The number of ether oxygens (including phenoxy) is 2. The van der Waals surface area contributed by atoms with Gasteiger partial charge in [0.05, 0.1) is 35.5 Å². The lowest BCUT2D eigenvalue weighted by molar-refractivity contribution is -0.116. The highest BCUT2D eigenvalue weighted by Gasteiger charge is 2.20. The van der Waals surface area contributed by atoms with Crippen molar-refractivity contribution in [1.82, 2.24) is 4.90 Å². The molecule has 0 radical (unpaired) electrons. The number of hydrogen-bond donors (Lipinski definition) is 1. The number of nitrogens with one attached hydrogen (secondary N) is 1. The molecule has 0 bridgehead atoms. The Kier molecular flexibility index (Phi) is 7.54. The Balaban J connectivity index is 2.24. The standard InChI is InChI=1S/C20H22Cl2N2O4/c1-24(2)20(26)13-10-16(27-3)17(28-4)11-15(13)23-18(25)9-8-12-6-5-7-14(21)19(12)22/h5-7,10-11H,8-9H2,1-4H3,(H,23,25). The van der Waals surface area contributed by atoms with Crippen molar-refractivity contribution in [2.24, 2.45) is 0 Å². The third-order valence-corrected chi connectivity index (χ3v) is 4.95. The van der Waals surface area contributed by atoms with Gasteiger partial charge in [0.25, 0.3) is 5.91 Å². The number of methoxy groups -OCH3 is 2. The number of nitrogens with zero attached hydrogens (tertiary/aromatic N) is 1. The van der Waals surface area contributed by atoms with Crippen molar-refractivity contribution in [1.29, 1.82) is 0 Å². The average Bonchev–Trinajstić information content (AvgIpc) is 2.68. The van der Waals surface area contributed by atoms with Crippen LogP contribution >= 0.6 is 23.2 Å². The molecule has 2 amide bonds. The van der Waals surface area contributed by atoms with Crippen LogP contribution in [0.25, 0.3) is 0 Å². The van der Waals surface area contributed by atoms with Crippen LogP contribution in [0.15, 0.2) is 30.3 Å². The molecular formula is C20H22Cl2N2O4. The Hall–Kier alpha value is -2.44. The van der Waals surface area contributed by atoms with Crippen LogP contribution in [0.2, 0.25) is 10.0 Å². The first-order valence-corrected chi connectivity index (χ1v) is 9.24. The van der Waals surface area contributed by atoms with E-state index >= 15 is 0 Å². The Labute approximate surface area is 174 Å². The van der Waals surface area contributed by atoms with Gasteiger partial charge in [-0.2, -0.15) is 0 Å². The molecule has 150 valence electrons. The number of carbonyl (C=O) groups excluding carboxylic acids is 2. The smallest absolute Gasteiger partial charge is 0.255 e. The molecule has 0 aromatic heterocycles. The Bertz CT molecular complexity index is 885. The van der Waals surface area contributed by atoms with Crippen LogP contribution in [0.1, 0.15) is 22.3 Å². The van der Waals surface area contributed by atoms with E-state index in [-0.39, 0.29) is 18.2 Å². The van der Waals surface area contributed by atoms with Gasteiger partial charge in [0.2, 0.25) is 5.91 Å². The van der Waals surface area contributed by atoms with Crippen molar-refractivity contribution >= 4 is 40.7 Å². The van der Waals surface area contributed by atoms with E-state index in [9.17, 15) is 9.59 Å². The first kappa shape index (κ1) is 21.9. The van der Waals surface area contributed by atoms with Crippen LogP contribution in [-0.4, -0.2) is 45.0 Å². The SMILES string of the molecule is COc1cc(NC(=O)CCc2cccc(Cl)c2Cl)c(C(=O)N(C)C)cc1OC. The number of anilines is 1. The van der Waals surface area contributed by atoms with Crippen molar-refractivity contribution in [3.05, 3.63) is 51.5 Å². The lowest BCUT2D eigenvalue weighted by atomic mass is 10.1. The van der Waals surface area contributed by atoms with Gasteiger partial charge in [0.1, 0.15) is 0 Å². The van der Waals surface area contributed by atoms with E-state index in [2.05, 4.69) is 5.32 Å². The monoisotopic (exact) mass is 424 g/mol. The van der Waals surface area contributed by atoms with Gasteiger partial charge in [-0.3, -0.25) is 9.59 Å². The number of carbonyl (C=O) groups is 2. The minimum absolute atomic E-state index is 0.171. The lowest BCUT2D eigenvalue weighted by Crippen LogP contribution is -2.24. The van der Waals surface area contributed by atoms with Gasteiger partial charge in [-0.15, -0.1) is 0 Å². The van der Waals surface area contributed by atoms with Crippen molar-refractivity contribution in [3.63, 3.8) is 0 Å². The third kappa shape index (κ3) is 5.09. The summed E-state index contributed by atoms with van der Waals surface area (Å²) in [5, 5.41) is 3.66. The van der Waals surface area contributed by atoms with Gasteiger partial charge >= 0.3 is 0 Å². The van der Waals surface area contributed by atoms with Gasteiger partial charge in [-0.05, 0) is 24.1 Å². The molecule has 2 aromatic carbocycles. The number of hydrogen-bond acceptors (Lipinski definition) is 4. The number of halogens is 2. The highest BCUT2D eigenvalue weighted by molar-refractivity contribution is 6.42. The molecule has 2 rings (SSSR count). The van der Waals surface area contributed by atoms with E-state index < -0.39 is 0 Å². The van der Waals surface area contributed by atoms with Crippen LogP contribution in [0, 0.1) is 0 Å². The maximum absolute atomic E-state index is 12.5. The molecule has 0 aliphatic heterocycles. The summed E-state index contributed by atoms with van der Waals surface area (Å²) < 4.78 is 10.5. The largest absolute Gasteiger partial charge is 0.493 e. The van der Waals surface area contributed by atoms with Crippen molar-refractivity contribution in [2.75, 3.05) is 33.6 Å². The van der Waals surface area contributed by atoms with E-state index in [1.807, 2.05) is 6.07 Å². The molecule has 0 aliphatic rings. The van der Waals surface area contributed by atoms with Crippen LogP contribution in [0.3, 0.4) is 0 Å². The molecular weight excluding hydrogens is 403 g/mol. The molecule has 8 heteroatoms. The van der Waals surface area contributed by atoms with E-state index in [1.54, 1.807) is 38.4 Å². The normalized spacial score (nSPS) is 10.4. The zero-order chi connectivity index (χ0) is 20.8. The second-order valence-electron chi connectivity index (χ2n) is 6.21. The van der Waals surface area contributed by atoms with Gasteiger partial charge in [-0.25, -0.2) is 0 Å². The van der Waals surface area contributed by atoms with Crippen LogP contribution < -0.4 is 14.8 Å². The summed E-state index contributed by atoms with van der Waals surface area (Å²) in [6, 6.07) is 8.41. The molecule has 0 spiro atoms. The Morgan fingerprint density at radius 1 is 1.07 bits per heavy atom. The van der Waals surface area contributed by atoms with Gasteiger partial charge in [0, 0.05) is 26.6 Å². The fraction of sp³-hybridized carbons (Fsp3) is 0.300. The molecule has 0 aliphatic carbocycles. The summed E-state index contributed by atoms with van der Waals surface area (Å²) >= 11 is 12.2. The fourth-order valence-corrected chi connectivity index (χ4v) is 3.02. The van der Waals surface area contributed by atoms with Gasteiger partial charge in [-0.1, -0.05) is 35.3 Å². The Morgan fingerprint density at radius 2 is 1.71 bits per heavy atom. The summed E-state index contributed by atoms with van der Waals surface area (Å²) in [6.07, 6.45) is 0.583. The zero-order valence-electron chi connectivity index (χ0n) is 16.1. The predicted octanol–water partition coefficient (Wildman–Crippen LogP) is 4.28. The second-order valence-corrected chi connectivity index (χ2v) is 7.00. The summed E-state index contributed by atoms with van der Waals surface area (Å²) in [7, 11) is 6.23. The summed E-state index contributed by atoms with van der Waals surface area (Å²) in [4.78, 5) is 26.4. The molecule has 0 unspecified atom stereocenters. The van der Waals surface area contributed by atoms with Crippen LogP contribution in [-0.2, 0) is 11.2 Å². The first-order chi connectivity index (χ1) is 13.3. The zero-order valence-corrected chi connectivity index (χ0v) is 17.6. The van der Waals surface area contributed by atoms with Gasteiger partial charge < -0.3 is 19.7 Å². The fourth-order valence-electron chi connectivity index (χ4n) is 2.60. The molecule has 0 saturated carbocycles. The topological polar surface area (TPSA) is 67.9 Å². The maximum atomic E-state index is 12.5. The Morgan fingerprint density at radius 3 is 2.32 bits per heavy atom. The highest BCUT2D eigenvalue weighted by Crippen LogP contribution is 2.34. The molecule has 28 heavy (non-hydrogen) atoms. The van der Waals surface area contributed by atoms with E-state index in [4.69, 9.17) is 32.7 Å². The van der Waals surface area contributed by atoms with E-state index in [1.165, 1.54) is 19.1 Å². The maximum Gasteiger partial charge on any atom is 0.255 e. The summed E-state index contributed by atoms with van der Waals surface area (Å²) in [5.41, 5.74) is 1.43. The highest BCUT2D eigenvalue weighted by atomic mass is 35.5. The lowest BCUT2D eigenvalue weighted by Gasteiger charge is -2.18. The minimum Gasteiger partial charge on any atom is -0.493 e. The molecule has 0 atom stereocenters. The van der Waals surface area contributed by atoms with Crippen LogP contribution in [0.5, 0.6) is 11.5 Å². The average molecular weight is 425 g/mol. The molecule has 0 fully saturated rings. The van der Waals surface area contributed by atoms with Crippen molar-refractivity contribution in [3.8, 4) is 11.5 Å². The van der Waals surface area contributed by atoms with Crippen LogP contribution in [0.4, 0.5) is 5.69 Å². The molecule has 1 N–H and O–H groups in total. The molecule has 0 heterocycles. The van der Waals surface area contributed by atoms with Crippen molar-refractivity contribution in [2.45, 2.75) is 12.8 Å². The molecule has 6 nitrogen and oxygen atoms in total.